The molecule has 134 valence electrons. The third kappa shape index (κ3) is 3.79. The topological polar surface area (TPSA) is 137 Å². The van der Waals surface area contributed by atoms with Gasteiger partial charge in [-0.3, -0.25) is 4.79 Å². The van der Waals surface area contributed by atoms with Crippen molar-refractivity contribution in [1.82, 2.24) is 9.55 Å². The molecule has 25 heavy (non-hydrogen) atoms. The summed E-state index contributed by atoms with van der Waals surface area (Å²) < 4.78 is 26.3. The lowest BCUT2D eigenvalue weighted by atomic mass is 10.1. The lowest BCUT2D eigenvalue weighted by Crippen LogP contribution is -2.24. The van der Waals surface area contributed by atoms with Gasteiger partial charge in [-0.15, -0.1) is 0 Å². The van der Waals surface area contributed by atoms with Gasteiger partial charge in [-0.1, -0.05) is 0 Å². The Labute approximate surface area is 145 Å². The minimum absolute atomic E-state index is 0.0160. The minimum atomic E-state index is -3.63. The van der Waals surface area contributed by atoms with E-state index in [1.165, 1.54) is 6.07 Å². The zero-order valence-electron chi connectivity index (χ0n) is 14.4. The summed E-state index contributed by atoms with van der Waals surface area (Å²) in [6.45, 7) is 1.68. The van der Waals surface area contributed by atoms with Crippen LogP contribution in [0.25, 0.3) is 0 Å². The van der Waals surface area contributed by atoms with Gasteiger partial charge in [-0.05, 0) is 24.6 Å². The summed E-state index contributed by atoms with van der Waals surface area (Å²) in [5.41, 5.74) is 11.5. The summed E-state index contributed by atoms with van der Waals surface area (Å²) in [6.07, 6.45) is 4.42. The van der Waals surface area contributed by atoms with Crippen LogP contribution in [0.1, 0.15) is 15.9 Å². The Morgan fingerprint density at radius 1 is 1.32 bits per heavy atom. The van der Waals surface area contributed by atoms with E-state index in [0.717, 1.165) is 6.26 Å². The number of imidazole rings is 1. The molecule has 1 aromatic heterocycles. The van der Waals surface area contributed by atoms with Gasteiger partial charge in [0.2, 0.25) is 5.95 Å². The Hall–Kier alpha value is -2.88. The van der Waals surface area contributed by atoms with Crippen LogP contribution in [0.5, 0.6) is 0 Å². The van der Waals surface area contributed by atoms with Crippen molar-refractivity contribution in [2.75, 3.05) is 18.2 Å². The third-order valence-corrected chi connectivity index (χ3v) is 4.75. The second kappa shape index (κ2) is 6.55. The predicted octanol–water partition coefficient (Wildman–Crippen LogP) is 0.314. The van der Waals surface area contributed by atoms with Crippen LogP contribution < -0.4 is 16.4 Å². The summed E-state index contributed by atoms with van der Waals surface area (Å²) in [4.78, 5) is 21.5. The first-order chi connectivity index (χ1) is 11.5. The molecule has 0 aliphatic heterocycles. The summed E-state index contributed by atoms with van der Waals surface area (Å²) in [6, 6.07) is 2.88. The predicted molar refractivity (Wildman–Crippen MR) is 95.7 cm³/mol. The van der Waals surface area contributed by atoms with Crippen LogP contribution in [0.3, 0.4) is 0 Å². The number of carbonyl (C=O) groups excluding carboxylic acids is 1. The van der Waals surface area contributed by atoms with E-state index in [1.54, 1.807) is 48.9 Å². The molecule has 0 unspecified atom stereocenters. The third-order valence-electron chi connectivity index (χ3n) is 3.62. The number of sulfone groups is 1. The molecular weight excluding hydrogens is 344 g/mol. The van der Waals surface area contributed by atoms with Crippen molar-refractivity contribution < 1.29 is 13.2 Å². The lowest BCUT2D eigenvalue weighted by molar-refractivity contribution is 0.100. The Bertz CT molecular complexity index is 958. The number of amides is 1. The van der Waals surface area contributed by atoms with Crippen LogP contribution in [0.2, 0.25) is 0 Å². The van der Waals surface area contributed by atoms with Gasteiger partial charge in [0.25, 0.3) is 5.91 Å². The van der Waals surface area contributed by atoms with E-state index in [4.69, 9.17) is 11.5 Å². The Kier molecular flexibility index (Phi) is 4.84. The maximum absolute atomic E-state index is 12.3. The second-order valence-corrected chi connectivity index (χ2v) is 7.63. The molecule has 0 aliphatic carbocycles. The molecule has 4 N–H and O–H groups in total. The average molecular weight is 364 g/mol. The van der Waals surface area contributed by atoms with Crippen molar-refractivity contribution in [1.29, 1.82) is 0 Å². The second-order valence-electron chi connectivity index (χ2n) is 5.65. The Morgan fingerprint density at radius 3 is 2.44 bits per heavy atom. The van der Waals surface area contributed by atoms with Crippen molar-refractivity contribution in [3.63, 3.8) is 0 Å². The number of benzene rings is 1. The van der Waals surface area contributed by atoms with Gasteiger partial charge in [0, 0.05) is 38.3 Å². The van der Waals surface area contributed by atoms with Crippen molar-refractivity contribution in [2.45, 2.75) is 11.8 Å². The zero-order valence-corrected chi connectivity index (χ0v) is 15.2. The molecule has 0 atom stereocenters. The van der Waals surface area contributed by atoms with E-state index >= 15 is 0 Å². The number of guanidine groups is 1. The molecule has 1 amide bonds. The molecule has 10 heteroatoms. The van der Waals surface area contributed by atoms with Gasteiger partial charge in [0.05, 0.1) is 10.6 Å². The number of hydrogen-bond acceptors (Lipinski definition) is 5. The Balaban J connectivity index is 2.70. The number of nitrogens with two attached hydrogens (primary N) is 2. The minimum Gasteiger partial charge on any atom is -0.370 e. The van der Waals surface area contributed by atoms with E-state index in [2.05, 4.69) is 9.98 Å². The molecule has 9 nitrogen and oxygen atoms in total. The van der Waals surface area contributed by atoms with Crippen LogP contribution in [0.4, 0.5) is 11.6 Å². The summed E-state index contributed by atoms with van der Waals surface area (Å²) in [5.74, 6) is -0.541. The fourth-order valence-corrected chi connectivity index (χ4v) is 3.34. The quantitative estimate of drug-likeness (QED) is 0.588. The van der Waals surface area contributed by atoms with E-state index in [9.17, 15) is 13.2 Å². The van der Waals surface area contributed by atoms with Gasteiger partial charge in [0.15, 0.2) is 15.8 Å². The highest BCUT2D eigenvalue weighted by Crippen LogP contribution is 2.32. The number of rotatable bonds is 4. The first kappa shape index (κ1) is 18.5. The first-order valence-corrected chi connectivity index (χ1v) is 9.11. The number of hydrogen-bond donors (Lipinski definition) is 2. The molecule has 0 bridgehead atoms. The van der Waals surface area contributed by atoms with E-state index < -0.39 is 15.7 Å². The van der Waals surface area contributed by atoms with Gasteiger partial charge in [-0.25, -0.2) is 13.4 Å². The highest BCUT2D eigenvalue weighted by molar-refractivity contribution is 7.90. The molecule has 0 radical (unpaired) electrons. The fraction of sp³-hybridized carbons (Fsp3) is 0.267. The van der Waals surface area contributed by atoms with Gasteiger partial charge in [-0.2, -0.15) is 4.99 Å². The van der Waals surface area contributed by atoms with Crippen LogP contribution in [0.15, 0.2) is 34.4 Å². The average Bonchev–Trinajstić information content (AvgIpc) is 2.90. The first-order valence-electron chi connectivity index (χ1n) is 7.22. The highest BCUT2D eigenvalue weighted by Gasteiger charge is 2.23. The maximum Gasteiger partial charge on any atom is 0.280 e. The van der Waals surface area contributed by atoms with E-state index in [-0.39, 0.29) is 16.4 Å². The lowest BCUT2D eigenvalue weighted by Gasteiger charge is -2.22. The number of aryl methyl sites for hydroxylation is 2. The zero-order chi connectivity index (χ0) is 18.9. The molecule has 0 fully saturated rings. The van der Waals surface area contributed by atoms with Gasteiger partial charge >= 0.3 is 0 Å². The summed E-state index contributed by atoms with van der Waals surface area (Å²) in [7, 11) is -0.134. The number of anilines is 2. The molecule has 2 aromatic rings. The summed E-state index contributed by atoms with van der Waals surface area (Å²) >= 11 is 0. The number of aromatic nitrogens is 2. The van der Waals surface area contributed by atoms with Crippen molar-refractivity contribution >= 4 is 33.3 Å². The van der Waals surface area contributed by atoms with Crippen LogP contribution in [-0.2, 0) is 16.9 Å². The SMILES string of the molecule is Cc1cc(N(C)c2nccn2C)c(S(C)(=O)=O)cc1C(=O)N=C(N)N. The fourth-order valence-electron chi connectivity index (χ4n) is 2.43. The van der Waals surface area contributed by atoms with Crippen LogP contribution >= 0.6 is 0 Å². The van der Waals surface area contributed by atoms with E-state index in [0.29, 0.717) is 17.2 Å². The molecule has 0 aliphatic rings. The number of nitrogens with zero attached hydrogens (tertiary/aromatic N) is 4. The van der Waals surface area contributed by atoms with Gasteiger partial charge < -0.3 is 20.9 Å². The molecule has 0 saturated heterocycles. The smallest absolute Gasteiger partial charge is 0.280 e. The normalized spacial score (nSPS) is 11.2. The molecule has 1 heterocycles. The Morgan fingerprint density at radius 2 is 1.96 bits per heavy atom. The van der Waals surface area contributed by atoms with E-state index in [1.807, 2.05) is 0 Å². The molecule has 1 aromatic carbocycles. The highest BCUT2D eigenvalue weighted by atomic mass is 32.2. The van der Waals surface area contributed by atoms with Crippen LogP contribution in [0, 0.1) is 6.92 Å². The van der Waals surface area contributed by atoms with Crippen molar-refractivity contribution in [2.24, 2.45) is 23.5 Å². The molecule has 0 saturated carbocycles. The molecular formula is C15H20N6O3S. The van der Waals surface area contributed by atoms with Crippen molar-refractivity contribution in [3.8, 4) is 0 Å². The molecule has 0 spiro atoms. The maximum atomic E-state index is 12.3. The van der Waals surface area contributed by atoms with Crippen molar-refractivity contribution in [3.05, 3.63) is 35.7 Å². The van der Waals surface area contributed by atoms with Crippen LogP contribution in [-0.4, -0.2) is 43.1 Å². The van der Waals surface area contributed by atoms with Gasteiger partial charge in [0.1, 0.15) is 0 Å². The standard InChI is InChI=1S/C15H20N6O3S/c1-9-7-11(21(3)15-18-5-6-20(15)2)12(25(4,23)24)8-10(9)13(22)19-14(16)17/h5-8H,1-4H3,(H4,16,17,19,22). The number of carbonyl (C=O) groups is 1. The number of aliphatic imine (C=N–C) groups is 1. The monoisotopic (exact) mass is 364 g/mol. The molecule has 2 rings (SSSR count). The summed E-state index contributed by atoms with van der Waals surface area (Å²) in [5, 5.41) is 0. The largest absolute Gasteiger partial charge is 0.370 e.